The van der Waals surface area contributed by atoms with Crippen LogP contribution in [0.1, 0.15) is 12.5 Å². The predicted molar refractivity (Wildman–Crippen MR) is 66.7 cm³/mol. The van der Waals surface area contributed by atoms with Gasteiger partial charge in [-0.15, -0.1) is 0 Å². The van der Waals surface area contributed by atoms with Gasteiger partial charge in [0.05, 0.1) is 19.1 Å². The SMILES string of the molecule is CCc1ccc(NC(=O)C2COCC2N)cc1. The van der Waals surface area contributed by atoms with E-state index in [9.17, 15) is 4.79 Å². The summed E-state index contributed by atoms with van der Waals surface area (Å²) in [7, 11) is 0. The Hall–Kier alpha value is -1.39. The Kier molecular flexibility index (Phi) is 3.76. The fourth-order valence-electron chi connectivity index (χ4n) is 1.90. The average molecular weight is 234 g/mol. The zero-order chi connectivity index (χ0) is 12.3. The second-order valence-electron chi connectivity index (χ2n) is 4.35. The quantitative estimate of drug-likeness (QED) is 0.825. The number of hydrogen-bond donors (Lipinski definition) is 2. The molecule has 2 rings (SSSR count). The van der Waals surface area contributed by atoms with Crippen LogP contribution >= 0.6 is 0 Å². The van der Waals surface area contributed by atoms with Crippen molar-refractivity contribution in [2.75, 3.05) is 18.5 Å². The predicted octanol–water partition coefficient (Wildman–Crippen LogP) is 1.16. The molecule has 1 aliphatic rings. The molecule has 1 amide bonds. The van der Waals surface area contributed by atoms with Crippen molar-refractivity contribution in [3.05, 3.63) is 29.8 Å². The van der Waals surface area contributed by atoms with E-state index in [1.807, 2.05) is 24.3 Å². The molecule has 1 aliphatic heterocycles. The number of nitrogens with two attached hydrogens (primary N) is 1. The molecular formula is C13H18N2O2. The first-order chi connectivity index (χ1) is 8.20. The summed E-state index contributed by atoms with van der Waals surface area (Å²) < 4.78 is 5.18. The lowest BCUT2D eigenvalue weighted by Gasteiger charge is -2.13. The van der Waals surface area contributed by atoms with E-state index in [2.05, 4.69) is 12.2 Å². The molecule has 0 radical (unpaired) electrons. The minimum Gasteiger partial charge on any atom is -0.379 e. The number of amides is 1. The van der Waals surface area contributed by atoms with Gasteiger partial charge in [-0.3, -0.25) is 4.79 Å². The summed E-state index contributed by atoms with van der Waals surface area (Å²) in [6.07, 6.45) is 0.996. The monoisotopic (exact) mass is 234 g/mol. The first-order valence-corrected chi connectivity index (χ1v) is 5.94. The largest absolute Gasteiger partial charge is 0.379 e. The van der Waals surface area contributed by atoms with Crippen molar-refractivity contribution >= 4 is 11.6 Å². The minimum atomic E-state index is -0.235. The highest BCUT2D eigenvalue weighted by Gasteiger charge is 2.31. The first-order valence-electron chi connectivity index (χ1n) is 5.94. The lowest BCUT2D eigenvalue weighted by atomic mass is 10.0. The Morgan fingerprint density at radius 1 is 1.41 bits per heavy atom. The molecule has 1 saturated heterocycles. The van der Waals surface area contributed by atoms with Crippen molar-refractivity contribution in [2.45, 2.75) is 19.4 Å². The summed E-state index contributed by atoms with van der Waals surface area (Å²) in [5.41, 5.74) is 7.86. The van der Waals surface area contributed by atoms with Gasteiger partial charge < -0.3 is 15.8 Å². The topological polar surface area (TPSA) is 64.3 Å². The second-order valence-corrected chi connectivity index (χ2v) is 4.35. The van der Waals surface area contributed by atoms with Gasteiger partial charge in [0.2, 0.25) is 5.91 Å². The maximum Gasteiger partial charge on any atom is 0.231 e. The fourth-order valence-corrected chi connectivity index (χ4v) is 1.90. The average Bonchev–Trinajstić information content (AvgIpc) is 2.76. The van der Waals surface area contributed by atoms with Crippen molar-refractivity contribution in [1.29, 1.82) is 0 Å². The summed E-state index contributed by atoms with van der Waals surface area (Å²) >= 11 is 0. The molecule has 2 unspecified atom stereocenters. The van der Waals surface area contributed by atoms with Gasteiger partial charge in [-0.25, -0.2) is 0 Å². The minimum absolute atomic E-state index is 0.0563. The molecule has 92 valence electrons. The number of ether oxygens (including phenoxy) is 1. The lowest BCUT2D eigenvalue weighted by Crippen LogP contribution is -2.37. The van der Waals surface area contributed by atoms with E-state index in [-0.39, 0.29) is 17.9 Å². The lowest BCUT2D eigenvalue weighted by molar-refractivity contribution is -0.120. The summed E-state index contributed by atoms with van der Waals surface area (Å²) in [5.74, 6) is -0.292. The Morgan fingerprint density at radius 3 is 2.65 bits per heavy atom. The molecular weight excluding hydrogens is 216 g/mol. The van der Waals surface area contributed by atoms with Gasteiger partial charge in [-0.1, -0.05) is 19.1 Å². The molecule has 3 N–H and O–H groups in total. The number of anilines is 1. The van der Waals surface area contributed by atoms with Crippen LogP contribution in [0.5, 0.6) is 0 Å². The van der Waals surface area contributed by atoms with E-state index >= 15 is 0 Å². The highest BCUT2D eigenvalue weighted by Crippen LogP contribution is 2.16. The van der Waals surface area contributed by atoms with Crippen LogP contribution in [0.3, 0.4) is 0 Å². The Labute approximate surface area is 101 Å². The van der Waals surface area contributed by atoms with Gasteiger partial charge in [-0.05, 0) is 24.1 Å². The van der Waals surface area contributed by atoms with E-state index < -0.39 is 0 Å². The zero-order valence-electron chi connectivity index (χ0n) is 9.98. The van der Waals surface area contributed by atoms with Gasteiger partial charge in [0.1, 0.15) is 0 Å². The molecule has 0 spiro atoms. The van der Waals surface area contributed by atoms with E-state index in [0.717, 1.165) is 12.1 Å². The Morgan fingerprint density at radius 2 is 2.12 bits per heavy atom. The van der Waals surface area contributed by atoms with E-state index in [1.54, 1.807) is 0 Å². The van der Waals surface area contributed by atoms with Crippen molar-refractivity contribution in [2.24, 2.45) is 11.7 Å². The molecule has 4 heteroatoms. The van der Waals surface area contributed by atoms with E-state index in [0.29, 0.717) is 13.2 Å². The van der Waals surface area contributed by atoms with Crippen molar-refractivity contribution in [3.63, 3.8) is 0 Å². The van der Waals surface area contributed by atoms with Crippen molar-refractivity contribution < 1.29 is 9.53 Å². The molecule has 1 fully saturated rings. The molecule has 4 nitrogen and oxygen atoms in total. The van der Waals surface area contributed by atoms with Crippen LogP contribution in [-0.4, -0.2) is 25.2 Å². The summed E-state index contributed by atoms with van der Waals surface area (Å²) in [4.78, 5) is 11.9. The number of carbonyl (C=O) groups excluding carboxylic acids is 1. The molecule has 1 heterocycles. The smallest absolute Gasteiger partial charge is 0.231 e. The van der Waals surface area contributed by atoms with Crippen molar-refractivity contribution in [1.82, 2.24) is 0 Å². The summed E-state index contributed by atoms with van der Waals surface area (Å²) in [6.45, 7) is 2.98. The highest BCUT2D eigenvalue weighted by atomic mass is 16.5. The van der Waals surface area contributed by atoms with E-state index in [4.69, 9.17) is 10.5 Å². The van der Waals surface area contributed by atoms with Gasteiger partial charge in [0.25, 0.3) is 0 Å². The molecule has 0 aliphatic carbocycles. The van der Waals surface area contributed by atoms with Crippen LogP contribution in [0.15, 0.2) is 24.3 Å². The third kappa shape index (κ3) is 2.84. The highest BCUT2D eigenvalue weighted by molar-refractivity contribution is 5.93. The van der Waals surface area contributed by atoms with Crippen LogP contribution in [-0.2, 0) is 16.0 Å². The number of aryl methyl sites for hydroxylation is 1. The van der Waals surface area contributed by atoms with Crippen molar-refractivity contribution in [3.8, 4) is 0 Å². The van der Waals surface area contributed by atoms with Crippen LogP contribution < -0.4 is 11.1 Å². The number of hydrogen-bond acceptors (Lipinski definition) is 3. The summed E-state index contributed by atoms with van der Waals surface area (Å²) in [5, 5.41) is 2.87. The van der Waals surface area contributed by atoms with Crippen LogP contribution in [0.4, 0.5) is 5.69 Å². The number of nitrogens with one attached hydrogen (secondary N) is 1. The second kappa shape index (κ2) is 5.29. The Balaban J connectivity index is 1.97. The summed E-state index contributed by atoms with van der Waals surface area (Å²) in [6, 6.07) is 7.67. The molecule has 0 aromatic heterocycles. The molecule has 2 atom stereocenters. The van der Waals surface area contributed by atoms with Gasteiger partial charge in [0, 0.05) is 11.7 Å². The number of carbonyl (C=O) groups is 1. The third-order valence-corrected chi connectivity index (χ3v) is 3.09. The van der Waals surface area contributed by atoms with Gasteiger partial charge in [0.15, 0.2) is 0 Å². The molecule has 1 aromatic rings. The van der Waals surface area contributed by atoms with Gasteiger partial charge >= 0.3 is 0 Å². The number of benzene rings is 1. The van der Waals surface area contributed by atoms with Gasteiger partial charge in [-0.2, -0.15) is 0 Å². The normalized spacial score (nSPS) is 23.6. The van der Waals surface area contributed by atoms with Crippen LogP contribution in [0.25, 0.3) is 0 Å². The maximum absolute atomic E-state index is 11.9. The molecule has 1 aromatic carbocycles. The molecule has 0 bridgehead atoms. The molecule has 17 heavy (non-hydrogen) atoms. The first kappa shape index (κ1) is 12.1. The van der Waals surface area contributed by atoms with Crippen LogP contribution in [0.2, 0.25) is 0 Å². The third-order valence-electron chi connectivity index (χ3n) is 3.09. The Bertz CT molecular complexity index is 389. The standard InChI is InChI=1S/C13H18N2O2/c1-2-9-3-5-10(6-4-9)15-13(16)11-7-17-8-12(11)14/h3-6,11-12H,2,7-8,14H2,1H3,(H,15,16). The van der Waals surface area contributed by atoms with E-state index in [1.165, 1.54) is 5.56 Å². The zero-order valence-corrected chi connectivity index (χ0v) is 9.98. The maximum atomic E-state index is 11.9. The van der Waals surface area contributed by atoms with Crippen LogP contribution in [0, 0.1) is 5.92 Å². The number of rotatable bonds is 3. The fraction of sp³-hybridized carbons (Fsp3) is 0.462. The molecule has 0 saturated carbocycles.